The zero-order valence-electron chi connectivity index (χ0n) is 16.1. The summed E-state index contributed by atoms with van der Waals surface area (Å²) < 4.78 is 43.1. The number of rotatable bonds is 7. The normalized spacial score (nSPS) is 19.3. The number of nitrogens with zero attached hydrogens (tertiary/aromatic N) is 2. The molecule has 2 aliphatic heterocycles. The van der Waals surface area contributed by atoms with Gasteiger partial charge in [0.25, 0.3) is 5.91 Å². The van der Waals surface area contributed by atoms with Crippen LogP contribution < -0.4 is 10.1 Å². The number of morpholine rings is 2. The second-order valence-corrected chi connectivity index (χ2v) is 8.50. The second-order valence-electron chi connectivity index (χ2n) is 6.59. The van der Waals surface area contributed by atoms with Crippen LogP contribution in [0.5, 0.6) is 5.75 Å². The van der Waals surface area contributed by atoms with Gasteiger partial charge in [-0.1, -0.05) is 0 Å². The van der Waals surface area contributed by atoms with Gasteiger partial charge in [-0.05, 0) is 18.2 Å². The lowest BCUT2D eigenvalue weighted by atomic mass is 10.2. The Bertz CT molecular complexity index is 774. The van der Waals surface area contributed by atoms with Gasteiger partial charge in [0.15, 0.2) is 0 Å². The fourth-order valence-electron chi connectivity index (χ4n) is 3.20. The van der Waals surface area contributed by atoms with E-state index in [1.807, 2.05) is 0 Å². The molecule has 1 aromatic rings. The lowest BCUT2D eigenvalue weighted by molar-refractivity contribution is 0.0383. The SMILES string of the molecule is COc1ccc(C(=O)NCCN2CCOCC2)cc1S(=O)(=O)N1CCOCC1. The largest absolute Gasteiger partial charge is 0.495 e. The molecule has 2 aliphatic rings. The predicted molar refractivity (Wildman–Crippen MR) is 102 cm³/mol. The van der Waals surface area contributed by atoms with E-state index in [9.17, 15) is 13.2 Å². The van der Waals surface area contributed by atoms with Crippen LogP contribution in [0.25, 0.3) is 0 Å². The Labute approximate surface area is 165 Å². The minimum absolute atomic E-state index is 0.00210. The number of benzene rings is 1. The fraction of sp³-hybridized carbons (Fsp3) is 0.611. The molecular formula is C18H27N3O6S. The fourth-order valence-corrected chi connectivity index (χ4v) is 4.79. The van der Waals surface area contributed by atoms with E-state index < -0.39 is 10.0 Å². The Morgan fingerprint density at radius 1 is 1.11 bits per heavy atom. The van der Waals surface area contributed by atoms with E-state index >= 15 is 0 Å². The molecule has 0 radical (unpaired) electrons. The third kappa shape index (κ3) is 5.00. The van der Waals surface area contributed by atoms with E-state index in [-0.39, 0.29) is 35.2 Å². The van der Waals surface area contributed by atoms with E-state index in [4.69, 9.17) is 14.2 Å². The van der Waals surface area contributed by atoms with Gasteiger partial charge in [0.1, 0.15) is 10.6 Å². The van der Waals surface area contributed by atoms with E-state index in [2.05, 4.69) is 10.2 Å². The van der Waals surface area contributed by atoms with Crippen molar-refractivity contribution in [3.05, 3.63) is 23.8 Å². The van der Waals surface area contributed by atoms with Crippen molar-refractivity contribution < 1.29 is 27.4 Å². The van der Waals surface area contributed by atoms with Crippen molar-refractivity contribution in [2.75, 3.05) is 72.8 Å². The van der Waals surface area contributed by atoms with Gasteiger partial charge in [-0.2, -0.15) is 4.31 Å². The first-order valence-corrected chi connectivity index (χ1v) is 10.8. The molecule has 1 aromatic carbocycles. The van der Waals surface area contributed by atoms with Crippen LogP contribution in [0.15, 0.2) is 23.1 Å². The molecule has 0 unspecified atom stereocenters. The Kier molecular flexibility index (Phi) is 7.24. The van der Waals surface area contributed by atoms with Crippen molar-refractivity contribution in [1.29, 1.82) is 0 Å². The number of amides is 1. The highest BCUT2D eigenvalue weighted by atomic mass is 32.2. The van der Waals surface area contributed by atoms with Gasteiger partial charge in [-0.15, -0.1) is 0 Å². The van der Waals surface area contributed by atoms with Gasteiger partial charge in [0, 0.05) is 44.8 Å². The highest BCUT2D eigenvalue weighted by Crippen LogP contribution is 2.28. The standard InChI is InChI=1S/C18H27N3O6S/c1-25-16-3-2-15(18(22)19-4-5-20-6-10-26-11-7-20)14-17(16)28(23,24)21-8-12-27-13-9-21/h2-3,14H,4-13H2,1H3,(H,19,22). The molecular weight excluding hydrogens is 386 g/mol. The highest BCUT2D eigenvalue weighted by Gasteiger charge is 2.30. The molecule has 10 heteroatoms. The van der Waals surface area contributed by atoms with Crippen LogP contribution in [0.4, 0.5) is 0 Å². The molecule has 2 fully saturated rings. The van der Waals surface area contributed by atoms with Crippen molar-refractivity contribution in [3.8, 4) is 5.75 Å². The third-order valence-corrected chi connectivity index (χ3v) is 6.75. The highest BCUT2D eigenvalue weighted by molar-refractivity contribution is 7.89. The first-order chi connectivity index (χ1) is 13.5. The second kappa shape index (κ2) is 9.66. The maximum atomic E-state index is 13.0. The number of carbonyl (C=O) groups is 1. The zero-order valence-corrected chi connectivity index (χ0v) is 16.9. The van der Waals surface area contributed by atoms with Crippen LogP contribution in [-0.2, 0) is 19.5 Å². The first kappa shape index (κ1) is 21.0. The molecule has 0 atom stereocenters. The summed E-state index contributed by atoms with van der Waals surface area (Å²) in [6, 6.07) is 4.47. The molecule has 0 spiro atoms. The quantitative estimate of drug-likeness (QED) is 0.660. The van der Waals surface area contributed by atoms with Crippen LogP contribution >= 0.6 is 0 Å². The summed E-state index contributed by atoms with van der Waals surface area (Å²) in [5, 5.41) is 2.85. The summed E-state index contributed by atoms with van der Waals surface area (Å²) >= 11 is 0. The summed E-state index contributed by atoms with van der Waals surface area (Å²) in [5.41, 5.74) is 0.287. The molecule has 2 saturated heterocycles. The molecule has 0 bridgehead atoms. The van der Waals surface area contributed by atoms with Gasteiger partial charge in [0.2, 0.25) is 10.0 Å². The van der Waals surface area contributed by atoms with Crippen molar-refractivity contribution >= 4 is 15.9 Å². The summed E-state index contributed by atoms with van der Waals surface area (Å²) in [5.74, 6) is -0.0919. The van der Waals surface area contributed by atoms with Gasteiger partial charge in [-0.3, -0.25) is 9.69 Å². The molecule has 0 aromatic heterocycles. The van der Waals surface area contributed by atoms with Crippen LogP contribution in [0.2, 0.25) is 0 Å². The third-order valence-electron chi connectivity index (χ3n) is 4.83. The van der Waals surface area contributed by atoms with Gasteiger partial charge >= 0.3 is 0 Å². The molecule has 2 heterocycles. The smallest absolute Gasteiger partial charge is 0.251 e. The molecule has 28 heavy (non-hydrogen) atoms. The topological polar surface area (TPSA) is 97.4 Å². The lowest BCUT2D eigenvalue weighted by Crippen LogP contribution is -2.41. The summed E-state index contributed by atoms with van der Waals surface area (Å²) in [6.07, 6.45) is 0. The predicted octanol–water partition coefficient (Wildman–Crippen LogP) is -0.222. The van der Waals surface area contributed by atoms with E-state index in [0.717, 1.165) is 19.6 Å². The minimum Gasteiger partial charge on any atom is -0.495 e. The molecule has 3 rings (SSSR count). The van der Waals surface area contributed by atoms with Crippen molar-refractivity contribution in [1.82, 2.24) is 14.5 Å². The average Bonchev–Trinajstić information content (AvgIpc) is 2.74. The van der Waals surface area contributed by atoms with Gasteiger partial charge in [-0.25, -0.2) is 8.42 Å². The number of ether oxygens (including phenoxy) is 3. The Morgan fingerprint density at radius 3 is 2.39 bits per heavy atom. The van der Waals surface area contributed by atoms with Gasteiger partial charge < -0.3 is 19.5 Å². The van der Waals surface area contributed by atoms with E-state index in [1.54, 1.807) is 6.07 Å². The Morgan fingerprint density at radius 2 is 1.75 bits per heavy atom. The number of nitrogens with one attached hydrogen (secondary N) is 1. The summed E-state index contributed by atoms with van der Waals surface area (Å²) in [6.45, 7) is 5.57. The first-order valence-electron chi connectivity index (χ1n) is 9.36. The van der Waals surface area contributed by atoms with E-state index in [1.165, 1.54) is 23.5 Å². The number of sulfonamides is 1. The molecule has 9 nitrogen and oxygen atoms in total. The average molecular weight is 413 g/mol. The van der Waals surface area contributed by atoms with E-state index in [0.29, 0.717) is 33.0 Å². The van der Waals surface area contributed by atoms with Crippen LogP contribution in [0.3, 0.4) is 0 Å². The summed E-state index contributed by atoms with van der Waals surface area (Å²) in [4.78, 5) is 14.7. The van der Waals surface area contributed by atoms with Crippen molar-refractivity contribution in [2.24, 2.45) is 0 Å². The Balaban J connectivity index is 1.69. The maximum Gasteiger partial charge on any atom is 0.251 e. The minimum atomic E-state index is -3.77. The lowest BCUT2D eigenvalue weighted by Gasteiger charge is -2.27. The van der Waals surface area contributed by atoms with Gasteiger partial charge in [0.05, 0.1) is 33.5 Å². The van der Waals surface area contributed by atoms with Crippen molar-refractivity contribution in [3.63, 3.8) is 0 Å². The molecule has 0 aliphatic carbocycles. The Hall–Kier alpha value is -1.72. The molecule has 1 N–H and O–H groups in total. The number of methoxy groups -OCH3 is 1. The number of hydrogen-bond acceptors (Lipinski definition) is 7. The molecule has 156 valence electrons. The van der Waals surface area contributed by atoms with Crippen LogP contribution in [0.1, 0.15) is 10.4 Å². The monoisotopic (exact) mass is 413 g/mol. The number of hydrogen-bond donors (Lipinski definition) is 1. The summed E-state index contributed by atoms with van der Waals surface area (Å²) in [7, 11) is -2.36. The van der Waals surface area contributed by atoms with Crippen LogP contribution in [0, 0.1) is 0 Å². The molecule has 0 saturated carbocycles. The zero-order chi connectivity index (χ0) is 20.0. The number of carbonyl (C=O) groups excluding carboxylic acids is 1. The maximum absolute atomic E-state index is 13.0. The van der Waals surface area contributed by atoms with Crippen LogP contribution in [-0.4, -0.2) is 96.3 Å². The molecule has 1 amide bonds. The van der Waals surface area contributed by atoms with Crippen molar-refractivity contribution in [2.45, 2.75) is 4.90 Å².